The highest BCUT2D eigenvalue weighted by Gasteiger charge is 2.48. The van der Waals surface area contributed by atoms with Gasteiger partial charge in [0.15, 0.2) is 0 Å². The Labute approximate surface area is 83.5 Å². The average molecular weight is 199 g/mol. The SMILES string of the molecule is O=C(O)CN1CC2CCCC2(CO)C1. The summed E-state index contributed by atoms with van der Waals surface area (Å²) in [5, 5.41) is 18.1. The fourth-order valence-electron chi connectivity index (χ4n) is 3.10. The van der Waals surface area contributed by atoms with Crippen LogP contribution in [-0.2, 0) is 4.79 Å². The van der Waals surface area contributed by atoms with E-state index in [1.165, 1.54) is 6.42 Å². The Morgan fingerprint density at radius 2 is 2.36 bits per heavy atom. The fourth-order valence-corrected chi connectivity index (χ4v) is 3.10. The highest BCUT2D eigenvalue weighted by molar-refractivity contribution is 5.69. The second kappa shape index (κ2) is 3.51. The molecule has 1 saturated heterocycles. The number of aliphatic hydroxyl groups is 1. The minimum atomic E-state index is -0.766. The Balaban J connectivity index is 2.01. The summed E-state index contributed by atoms with van der Waals surface area (Å²) in [5.74, 6) is -0.245. The lowest BCUT2D eigenvalue weighted by molar-refractivity contribution is -0.138. The topological polar surface area (TPSA) is 60.8 Å². The number of rotatable bonds is 3. The first kappa shape index (κ1) is 9.93. The van der Waals surface area contributed by atoms with Crippen LogP contribution < -0.4 is 0 Å². The van der Waals surface area contributed by atoms with Gasteiger partial charge in [0, 0.05) is 18.5 Å². The molecule has 1 heterocycles. The molecule has 2 rings (SSSR count). The number of carbonyl (C=O) groups is 1. The van der Waals surface area contributed by atoms with E-state index in [0.29, 0.717) is 5.92 Å². The molecular weight excluding hydrogens is 182 g/mol. The van der Waals surface area contributed by atoms with Gasteiger partial charge in [-0.25, -0.2) is 0 Å². The molecular formula is C10H17NO3. The van der Waals surface area contributed by atoms with Gasteiger partial charge in [-0.2, -0.15) is 0 Å². The molecule has 1 aliphatic carbocycles. The lowest BCUT2D eigenvalue weighted by Gasteiger charge is -2.25. The maximum Gasteiger partial charge on any atom is 0.317 e. The molecule has 2 unspecified atom stereocenters. The summed E-state index contributed by atoms with van der Waals surface area (Å²) in [5.41, 5.74) is 0.0233. The Morgan fingerprint density at radius 3 is 2.93 bits per heavy atom. The van der Waals surface area contributed by atoms with Gasteiger partial charge in [-0.3, -0.25) is 9.69 Å². The zero-order valence-corrected chi connectivity index (χ0v) is 8.28. The van der Waals surface area contributed by atoms with Crippen molar-refractivity contribution >= 4 is 5.97 Å². The summed E-state index contributed by atoms with van der Waals surface area (Å²) < 4.78 is 0. The predicted molar refractivity (Wildman–Crippen MR) is 50.9 cm³/mol. The van der Waals surface area contributed by atoms with Crippen LogP contribution in [0.2, 0.25) is 0 Å². The maximum absolute atomic E-state index is 10.6. The Hall–Kier alpha value is -0.610. The molecule has 0 aromatic carbocycles. The molecule has 2 aliphatic rings. The molecule has 0 bridgehead atoms. The summed E-state index contributed by atoms with van der Waals surface area (Å²) in [6.45, 7) is 1.96. The van der Waals surface area contributed by atoms with Crippen LogP contribution >= 0.6 is 0 Å². The van der Waals surface area contributed by atoms with Crippen molar-refractivity contribution in [1.82, 2.24) is 4.90 Å². The standard InChI is InChI=1S/C10H17NO3/c12-7-10-3-1-2-8(10)4-11(6-10)5-9(13)14/h8,12H,1-7H2,(H,13,14). The molecule has 2 fully saturated rings. The molecule has 80 valence electrons. The molecule has 0 radical (unpaired) electrons. The minimum absolute atomic E-state index is 0.0233. The van der Waals surface area contributed by atoms with Gasteiger partial charge in [-0.1, -0.05) is 6.42 Å². The van der Waals surface area contributed by atoms with Crippen molar-refractivity contribution in [3.05, 3.63) is 0 Å². The molecule has 2 atom stereocenters. The smallest absolute Gasteiger partial charge is 0.317 e. The Morgan fingerprint density at radius 1 is 1.57 bits per heavy atom. The number of carboxylic acid groups (broad SMARTS) is 1. The summed E-state index contributed by atoms with van der Waals surface area (Å²) in [6, 6.07) is 0. The largest absolute Gasteiger partial charge is 0.480 e. The van der Waals surface area contributed by atoms with Crippen molar-refractivity contribution in [3.63, 3.8) is 0 Å². The minimum Gasteiger partial charge on any atom is -0.480 e. The molecule has 4 heteroatoms. The lowest BCUT2D eigenvalue weighted by Crippen LogP contribution is -2.33. The molecule has 0 amide bonds. The van der Waals surface area contributed by atoms with E-state index < -0.39 is 5.97 Å². The van der Waals surface area contributed by atoms with Crippen molar-refractivity contribution in [2.75, 3.05) is 26.2 Å². The van der Waals surface area contributed by atoms with Crippen molar-refractivity contribution in [1.29, 1.82) is 0 Å². The first-order valence-corrected chi connectivity index (χ1v) is 5.21. The third-order valence-electron chi connectivity index (χ3n) is 3.78. The molecule has 0 spiro atoms. The Kier molecular flexibility index (Phi) is 2.49. The van der Waals surface area contributed by atoms with Crippen LogP contribution in [-0.4, -0.2) is 47.3 Å². The third kappa shape index (κ3) is 1.53. The zero-order valence-electron chi connectivity index (χ0n) is 8.28. The number of hydrogen-bond acceptors (Lipinski definition) is 3. The van der Waals surface area contributed by atoms with Gasteiger partial charge in [0.05, 0.1) is 13.2 Å². The number of likely N-dealkylation sites (tertiary alicyclic amines) is 1. The van der Waals surface area contributed by atoms with Gasteiger partial charge < -0.3 is 10.2 Å². The first-order valence-electron chi connectivity index (χ1n) is 5.21. The van der Waals surface area contributed by atoms with Gasteiger partial charge >= 0.3 is 5.97 Å². The van der Waals surface area contributed by atoms with E-state index in [-0.39, 0.29) is 18.6 Å². The van der Waals surface area contributed by atoms with Crippen LogP contribution in [0.1, 0.15) is 19.3 Å². The van der Waals surface area contributed by atoms with E-state index >= 15 is 0 Å². The molecule has 14 heavy (non-hydrogen) atoms. The summed E-state index contributed by atoms with van der Waals surface area (Å²) in [4.78, 5) is 12.5. The van der Waals surface area contributed by atoms with Gasteiger partial charge in [0.25, 0.3) is 0 Å². The van der Waals surface area contributed by atoms with Crippen LogP contribution in [0, 0.1) is 11.3 Å². The van der Waals surface area contributed by atoms with Crippen LogP contribution in [0.25, 0.3) is 0 Å². The van der Waals surface area contributed by atoms with Crippen molar-refractivity contribution in [2.45, 2.75) is 19.3 Å². The average Bonchev–Trinajstić information content (AvgIpc) is 2.59. The number of fused-ring (bicyclic) bond motifs is 1. The number of aliphatic carboxylic acids is 1. The highest BCUT2D eigenvalue weighted by atomic mass is 16.4. The third-order valence-corrected chi connectivity index (χ3v) is 3.78. The van der Waals surface area contributed by atoms with Crippen molar-refractivity contribution in [2.24, 2.45) is 11.3 Å². The second-order valence-electron chi connectivity index (χ2n) is 4.67. The van der Waals surface area contributed by atoms with Gasteiger partial charge in [0.1, 0.15) is 0 Å². The molecule has 1 aliphatic heterocycles. The summed E-state index contributed by atoms with van der Waals surface area (Å²) in [7, 11) is 0. The monoisotopic (exact) mass is 199 g/mol. The molecule has 4 nitrogen and oxygen atoms in total. The number of nitrogens with zero attached hydrogens (tertiary/aromatic N) is 1. The van der Waals surface area contributed by atoms with E-state index in [1.54, 1.807) is 0 Å². The Bertz CT molecular complexity index is 244. The number of hydrogen-bond donors (Lipinski definition) is 2. The van der Waals surface area contributed by atoms with Crippen LogP contribution in [0.3, 0.4) is 0 Å². The quantitative estimate of drug-likeness (QED) is 0.680. The van der Waals surface area contributed by atoms with Crippen molar-refractivity contribution in [3.8, 4) is 0 Å². The zero-order chi connectivity index (χ0) is 10.2. The second-order valence-corrected chi connectivity index (χ2v) is 4.67. The first-order chi connectivity index (χ1) is 6.66. The van der Waals surface area contributed by atoms with Crippen LogP contribution in [0.15, 0.2) is 0 Å². The highest BCUT2D eigenvalue weighted by Crippen LogP contribution is 2.48. The molecule has 0 aromatic heterocycles. The molecule has 1 saturated carbocycles. The normalized spacial score (nSPS) is 37.4. The fraction of sp³-hybridized carbons (Fsp3) is 0.900. The predicted octanol–water partition coefficient (Wildman–Crippen LogP) is 0.165. The molecule has 2 N–H and O–H groups in total. The van der Waals surface area contributed by atoms with E-state index in [9.17, 15) is 9.90 Å². The van der Waals surface area contributed by atoms with Crippen LogP contribution in [0.5, 0.6) is 0 Å². The van der Waals surface area contributed by atoms with E-state index in [2.05, 4.69) is 0 Å². The van der Waals surface area contributed by atoms with E-state index in [1.807, 2.05) is 4.90 Å². The molecule has 0 aromatic rings. The van der Waals surface area contributed by atoms with Gasteiger partial charge in [-0.05, 0) is 18.8 Å². The summed E-state index contributed by atoms with van der Waals surface area (Å²) in [6.07, 6.45) is 3.40. The van der Waals surface area contributed by atoms with E-state index in [0.717, 1.165) is 25.9 Å². The maximum atomic E-state index is 10.6. The lowest BCUT2D eigenvalue weighted by atomic mass is 9.82. The van der Waals surface area contributed by atoms with Gasteiger partial charge in [0.2, 0.25) is 0 Å². The van der Waals surface area contributed by atoms with Crippen molar-refractivity contribution < 1.29 is 15.0 Å². The summed E-state index contributed by atoms with van der Waals surface area (Å²) >= 11 is 0. The van der Waals surface area contributed by atoms with Crippen LogP contribution in [0.4, 0.5) is 0 Å². The number of carboxylic acids is 1. The van der Waals surface area contributed by atoms with E-state index in [4.69, 9.17) is 5.11 Å². The number of aliphatic hydroxyl groups excluding tert-OH is 1. The van der Waals surface area contributed by atoms with Gasteiger partial charge in [-0.15, -0.1) is 0 Å².